The van der Waals surface area contributed by atoms with Crippen LogP contribution in [0.5, 0.6) is 0 Å². The lowest BCUT2D eigenvalue weighted by Gasteiger charge is -2.40. The summed E-state index contributed by atoms with van der Waals surface area (Å²) in [6, 6.07) is 0.599. The summed E-state index contributed by atoms with van der Waals surface area (Å²) in [6.45, 7) is 1.63. The standard InChI is InChI=1S/C19H23F7N4OS/c1-12-16(28-11-27-12)17(18(31)29-13-7-9-19(20,21)10-8-13)30(2)14-3-5-15(6-4-14)32(22,23,24,25)26/h3-6,11,13,17H,7-10H2,1-2H3,(H,27,28)(H,29,31). The van der Waals surface area contributed by atoms with E-state index in [1.54, 1.807) is 6.92 Å². The normalized spacial score (nSPS) is 20.2. The number of hydrogen-bond donors (Lipinski definition) is 2. The summed E-state index contributed by atoms with van der Waals surface area (Å²) in [6.07, 6.45) is 0.753. The van der Waals surface area contributed by atoms with Gasteiger partial charge in [0, 0.05) is 37.3 Å². The third-order valence-electron chi connectivity index (χ3n) is 5.52. The molecule has 3 rings (SSSR count). The number of rotatable bonds is 6. The van der Waals surface area contributed by atoms with Gasteiger partial charge in [-0.3, -0.25) is 4.79 Å². The Labute approximate surface area is 180 Å². The first kappa shape index (κ1) is 24.2. The largest absolute Gasteiger partial charge is 0.358 e. The van der Waals surface area contributed by atoms with Crippen LogP contribution in [0.4, 0.5) is 33.9 Å². The van der Waals surface area contributed by atoms with Gasteiger partial charge in [0.2, 0.25) is 11.8 Å². The number of alkyl halides is 2. The summed E-state index contributed by atoms with van der Waals surface area (Å²) < 4.78 is 91.9. The quantitative estimate of drug-likeness (QED) is 0.473. The Balaban J connectivity index is 1.86. The molecule has 1 aromatic heterocycles. The van der Waals surface area contributed by atoms with Crippen molar-refractivity contribution in [3.05, 3.63) is 42.0 Å². The highest BCUT2D eigenvalue weighted by molar-refractivity contribution is 8.45. The van der Waals surface area contributed by atoms with Gasteiger partial charge in [0.15, 0.2) is 6.04 Å². The number of carbonyl (C=O) groups excluding carboxylic acids is 1. The van der Waals surface area contributed by atoms with Gasteiger partial charge in [-0.15, -0.1) is 0 Å². The molecule has 180 valence electrons. The lowest BCUT2D eigenvalue weighted by atomic mass is 9.92. The van der Waals surface area contributed by atoms with Crippen LogP contribution >= 0.6 is 10.2 Å². The second-order valence-corrected chi connectivity index (χ2v) is 10.4. The predicted octanol–water partition coefficient (Wildman–Crippen LogP) is 6.25. The Kier molecular flexibility index (Phi) is 5.51. The van der Waals surface area contributed by atoms with Crippen molar-refractivity contribution in [1.82, 2.24) is 15.3 Å². The molecule has 1 aromatic carbocycles. The molecule has 13 heteroatoms. The minimum absolute atomic E-state index is 0.0633. The summed E-state index contributed by atoms with van der Waals surface area (Å²) >= 11 is 0. The van der Waals surface area contributed by atoms with Crippen LogP contribution in [0, 0.1) is 6.92 Å². The molecule has 2 aromatic rings. The number of nitrogens with one attached hydrogen (secondary N) is 2. The maximum atomic E-state index is 13.4. The minimum atomic E-state index is -9.83. The van der Waals surface area contributed by atoms with E-state index in [-0.39, 0.29) is 49.2 Å². The van der Waals surface area contributed by atoms with Gasteiger partial charge in [-0.1, -0.05) is 19.4 Å². The Morgan fingerprint density at radius 3 is 2.19 bits per heavy atom. The molecule has 0 spiro atoms. The first-order valence-corrected chi connectivity index (χ1v) is 11.7. The number of aromatic amines is 1. The molecule has 0 saturated heterocycles. The van der Waals surface area contributed by atoms with E-state index < -0.39 is 39.0 Å². The van der Waals surface area contributed by atoms with Crippen LogP contribution in [0.1, 0.15) is 43.1 Å². The minimum Gasteiger partial charge on any atom is -0.358 e. The molecule has 5 nitrogen and oxygen atoms in total. The molecule has 1 fully saturated rings. The molecule has 32 heavy (non-hydrogen) atoms. The fourth-order valence-corrected chi connectivity index (χ4v) is 4.33. The highest BCUT2D eigenvalue weighted by Crippen LogP contribution is 3.02. The summed E-state index contributed by atoms with van der Waals surface area (Å²) in [5.74, 6) is -3.37. The topological polar surface area (TPSA) is 61.0 Å². The number of aromatic nitrogens is 2. The van der Waals surface area contributed by atoms with Gasteiger partial charge >= 0.3 is 10.2 Å². The Morgan fingerprint density at radius 1 is 1.16 bits per heavy atom. The van der Waals surface area contributed by atoms with Crippen molar-refractivity contribution >= 4 is 21.8 Å². The van der Waals surface area contributed by atoms with Crippen LogP contribution in [0.3, 0.4) is 0 Å². The van der Waals surface area contributed by atoms with E-state index in [0.29, 0.717) is 5.69 Å². The maximum absolute atomic E-state index is 13.4. The molecular weight excluding hydrogens is 465 g/mol. The summed E-state index contributed by atoms with van der Waals surface area (Å²) in [5.41, 5.74) is 0.840. The Hall–Kier alpha value is -2.44. The van der Waals surface area contributed by atoms with E-state index in [0.717, 1.165) is 12.1 Å². The van der Waals surface area contributed by atoms with Crippen molar-refractivity contribution in [3.63, 3.8) is 0 Å². The zero-order valence-electron chi connectivity index (χ0n) is 17.2. The lowest BCUT2D eigenvalue weighted by Crippen LogP contribution is -2.46. The average Bonchev–Trinajstić information content (AvgIpc) is 3.07. The fraction of sp³-hybridized carbons (Fsp3) is 0.474. The molecule has 1 atom stereocenters. The monoisotopic (exact) mass is 488 g/mol. The molecule has 1 aliphatic carbocycles. The molecule has 1 heterocycles. The first-order chi connectivity index (χ1) is 14.5. The number of halogens is 7. The van der Waals surface area contributed by atoms with E-state index in [1.165, 1.54) is 18.3 Å². The summed E-state index contributed by atoms with van der Waals surface area (Å²) in [5, 5.41) is 2.71. The zero-order chi connectivity index (χ0) is 24.0. The first-order valence-electron chi connectivity index (χ1n) is 9.72. The number of carbonyl (C=O) groups is 1. The molecular formula is C19H23F7N4OS. The Morgan fingerprint density at radius 2 is 1.72 bits per heavy atom. The van der Waals surface area contributed by atoms with E-state index in [1.807, 2.05) is 0 Å². The number of aryl methyl sites for hydroxylation is 1. The third kappa shape index (κ3) is 5.48. The van der Waals surface area contributed by atoms with Crippen LogP contribution < -0.4 is 10.2 Å². The SMILES string of the molecule is Cc1[nH]cnc1C(C(=O)NC1CCC(F)(F)CC1)N(C)c1ccc(S(F)(F)(F)(F)F)cc1. The maximum Gasteiger partial charge on any atom is 0.310 e. The number of nitrogens with zero attached hydrogens (tertiary/aromatic N) is 2. The van der Waals surface area contributed by atoms with Gasteiger partial charge in [0.05, 0.1) is 12.0 Å². The van der Waals surface area contributed by atoms with E-state index >= 15 is 0 Å². The smallest absolute Gasteiger partial charge is 0.310 e. The molecule has 1 unspecified atom stereocenters. The van der Waals surface area contributed by atoms with Crippen molar-refractivity contribution < 1.29 is 33.0 Å². The van der Waals surface area contributed by atoms with Crippen LogP contribution in [-0.4, -0.2) is 34.9 Å². The van der Waals surface area contributed by atoms with E-state index in [9.17, 15) is 33.0 Å². The van der Waals surface area contributed by atoms with E-state index in [2.05, 4.69) is 15.3 Å². The van der Waals surface area contributed by atoms with Crippen LogP contribution in [0.2, 0.25) is 0 Å². The molecule has 1 aliphatic rings. The number of amides is 1. The second kappa shape index (κ2) is 7.29. The van der Waals surface area contributed by atoms with Gasteiger partial charge in [0.25, 0.3) is 0 Å². The number of hydrogen-bond acceptors (Lipinski definition) is 3. The van der Waals surface area contributed by atoms with Crippen molar-refractivity contribution in [1.29, 1.82) is 0 Å². The average molecular weight is 488 g/mol. The van der Waals surface area contributed by atoms with Crippen LogP contribution in [0.15, 0.2) is 35.5 Å². The summed E-state index contributed by atoms with van der Waals surface area (Å²) in [4.78, 5) is 19.2. The second-order valence-electron chi connectivity index (χ2n) is 8.03. The third-order valence-corrected chi connectivity index (χ3v) is 6.68. The highest BCUT2D eigenvalue weighted by Gasteiger charge is 2.65. The summed E-state index contributed by atoms with van der Waals surface area (Å²) in [7, 11) is -8.43. The van der Waals surface area contributed by atoms with Gasteiger partial charge in [-0.05, 0) is 44.0 Å². The molecule has 2 N–H and O–H groups in total. The molecule has 0 bridgehead atoms. The van der Waals surface area contributed by atoms with Gasteiger partial charge in [-0.25, -0.2) is 13.8 Å². The molecule has 0 aliphatic heterocycles. The van der Waals surface area contributed by atoms with Gasteiger partial charge in [-0.2, -0.15) is 0 Å². The number of anilines is 1. The van der Waals surface area contributed by atoms with Crippen LogP contribution in [-0.2, 0) is 4.79 Å². The predicted molar refractivity (Wildman–Crippen MR) is 108 cm³/mol. The van der Waals surface area contributed by atoms with Gasteiger partial charge < -0.3 is 15.2 Å². The fourth-order valence-electron chi connectivity index (χ4n) is 3.68. The van der Waals surface area contributed by atoms with Crippen molar-refractivity contribution in [3.8, 4) is 0 Å². The Bertz CT molecular complexity index is 982. The zero-order valence-corrected chi connectivity index (χ0v) is 18.0. The number of benzene rings is 1. The van der Waals surface area contributed by atoms with Crippen molar-refractivity contribution in [2.45, 2.75) is 55.5 Å². The van der Waals surface area contributed by atoms with E-state index in [4.69, 9.17) is 0 Å². The number of imidazole rings is 1. The number of likely N-dealkylation sites (N-methyl/N-ethyl adjacent to an activating group) is 1. The lowest BCUT2D eigenvalue weighted by molar-refractivity contribution is -0.124. The molecule has 1 saturated carbocycles. The van der Waals surface area contributed by atoms with Crippen molar-refractivity contribution in [2.75, 3.05) is 11.9 Å². The number of H-pyrrole nitrogens is 1. The molecule has 0 radical (unpaired) electrons. The molecule has 1 amide bonds. The van der Waals surface area contributed by atoms with Gasteiger partial charge in [0.1, 0.15) is 4.90 Å². The highest BCUT2D eigenvalue weighted by atomic mass is 32.5. The van der Waals surface area contributed by atoms with Crippen molar-refractivity contribution in [2.24, 2.45) is 0 Å². The van der Waals surface area contributed by atoms with Crippen LogP contribution in [0.25, 0.3) is 0 Å².